The topological polar surface area (TPSA) is 28.4 Å². The van der Waals surface area contributed by atoms with Crippen LogP contribution < -0.4 is 5.32 Å². The molecule has 0 radical (unpaired) electrons. The van der Waals surface area contributed by atoms with Crippen molar-refractivity contribution in [2.75, 3.05) is 19.6 Å². The van der Waals surface area contributed by atoms with Crippen LogP contribution in [-0.4, -0.2) is 30.6 Å². The summed E-state index contributed by atoms with van der Waals surface area (Å²) in [5, 5.41) is 3.86. The van der Waals surface area contributed by atoms with Gasteiger partial charge in [-0.1, -0.05) is 24.3 Å². The second-order valence-corrected chi connectivity index (χ2v) is 8.87. The maximum atomic E-state index is 6.34. The van der Waals surface area contributed by atoms with Gasteiger partial charge in [0.05, 0.1) is 6.04 Å². The SMILES string of the molecule is C1=C[C@@H](C2=C3Cc4oc5cc4[C@@H]3CCN2CCCC/C=C\CC5)NCCCC1. The summed E-state index contributed by atoms with van der Waals surface area (Å²) in [4.78, 5) is 2.71. The predicted octanol–water partition coefficient (Wildman–Crippen LogP) is 5.25. The molecular formula is C25H34N2O. The number of hydrogen-bond donors (Lipinski definition) is 1. The van der Waals surface area contributed by atoms with Crippen molar-refractivity contribution in [1.82, 2.24) is 10.2 Å². The van der Waals surface area contributed by atoms with Crippen LogP contribution in [-0.2, 0) is 12.8 Å². The summed E-state index contributed by atoms with van der Waals surface area (Å²) < 4.78 is 6.34. The molecule has 0 saturated carbocycles. The summed E-state index contributed by atoms with van der Waals surface area (Å²) in [7, 11) is 0. The van der Waals surface area contributed by atoms with Crippen LogP contribution in [0.5, 0.6) is 0 Å². The lowest BCUT2D eigenvalue weighted by Crippen LogP contribution is -2.43. The van der Waals surface area contributed by atoms with Gasteiger partial charge in [0.15, 0.2) is 0 Å². The Morgan fingerprint density at radius 3 is 2.86 bits per heavy atom. The minimum absolute atomic E-state index is 0.372. The fourth-order valence-corrected chi connectivity index (χ4v) is 5.54. The standard InChI is InChI=1S/C25H34N2O/c1-2-6-10-15-27-16-13-20-21-17-19(11-7-3-1)28-24(21)18-22(20)25(27)23-12-8-4-5-9-14-26-23/h1,3,8,12,17,20,23,26H,2,4-7,9-11,13-16,18H2/b3-1-,12-8?/t20-,23-/m0/s1. The van der Waals surface area contributed by atoms with E-state index in [0.29, 0.717) is 12.0 Å². The number of hydrogen-bond acceptors (Lipinski definition) is 3. The molecule has 6 bridgehead atoms. The van der Waals surface area contributed by atoms with Gasteiger partial charge in [-0.2, -0.15) is 0 Å². The quantitative estimate of drug-likeness (QED) is 0.677. The summed E-state index contributed by atoms with van der Waals surface area (Å²) in [6.07, 6.45) is 21.6. The van der Waals surface area contributed by atoms with E-state index in [1.807, 2.05) is 0 Å². The van der Waals surface area contributed by atoms with Crippen LogP contribution in [0.25, 0.3) is 0 Å². The zero-order valence-corrected chi connectivity index (χ0v) is 17.1. The Labute approximate surface area is 169 Å². The van der Waals surface area contributed by atoms with E-state index in [1.165, 1.54) is 75.1 Å². The minimum atomic E-state index is 0.372. The van der Waals surface area contributed by atoms with Crippen LogP contribution in [0.4, 0.5) is 0 Å². The van der Waals surface area contributed by atoms with Gasteiger partial charge < -0.3 is 14.6 Å². The summed E-state index contributed by atoms with van der Waals surface area (Å²) in [5.74, 6) is 3.03. The maximum Gasteiger partial charge on any atom is 0.112 e. The molecule has 5 aliphatic rings. The van der Waals surface area contributed by atoms with E-state index in [2.05, 4.69) is 40.6 Å². The molecule has 4 aliphatic heterocycles. The lowest BCUT2D eigenvalue weighted by Gasteiger charge is -2.39. The molecule has 2 atom stereocenters. The Morgan fingerprint density at radius 2 is 1.86 bits per heavy atom. The molecule has 0 unspecified atom stereocenters. The molecule has 0 spiro atoms. The van der Waals surface area contributed by atoms with Gasteiger partial charge in [-0.25, -0.2) is 0 Å². The molecule has 0 aromatic carbocycles. The average molecular weight is 379 g/mol. The zero-order chi connectivity index (χ0) is 18.8. The summed E-state index contributed by atoms with van der Waals surface area (Å²) >= 11 is 0. The molecule has 1 aromatic heterocycles. The van der Waals surface area contributed by atoms with Crippen molar-refractivity contribution in [3.63, 3.8) is 0 Å². The van der Waals surface area contributed by atoms with Crippen molar-refractivity contribution in [2.45, 2.75) is 76.2 Å². The van der Waals surface area contributed by atoms with Crippen molar-refractivity contribution in [2.24, 2.45) is 0 Å². The Morgan fingerprint density at radius 1 is 0.964 bits per heavy atom. The van der Waals surface area contributed by atoms with Crippen LogP contribution in [0.1, 0.15) is 74.4 Å². The Hall–Kier alpha value is -1.74. The summed E-state index contributed by atoms with van der Waals surface area (Å²) in [6, 6.07) is 2.76. The van der Waals surface area contributed by atoms with E-state index in [0.717, 1.165) is 25.8 Å². The molecular weight excluding hydrogens is 344 g/mol. The molecule has 6 rings (SSSR count). The van der Waals surface area contributed by atoms with Gasteiger partial charge in [0, 0.05) is 43.1 Å². The minimum Gasteiger partial charge on any atom is -0.465 e. The fraction of sp³-hybridized carbons (Fsp3) is 0.600. The number of nitrogens with one attached hydrogen (secondary N) is 1. The molecule has 150 valence electrons. The lowest BCUT2D eigenvalue weighted by atomic mass is 9.86. The van der Waals surface area contributed by atoms with Crippen LogP contribution in [0.15, 0.2) is 46.1 Å². The van der Waals surface area contributed by atoms with Crippen LogP contribution in [0, 0.1) is 0 Å². The number of aryl methyl sites for hydroxylation is 1. The van der Waals surface area contributed by atoms with Crippen molar-refractivity contribution in [3.8, 4) is 0 Å². The normalized spacial score (nSPS) is 29.5. The van der Waals surface area contributed by atoms with Crippen LogP contribution in [0.3, 0.4) is 0 Å². The van der Waals surface area contributed by atoms with Gasteiger partial charge in [-0.3, -0.25) is 0 Å². The molecule has 0 amide bonds. The highest BCUT2D eigenvalue weighted by atomic mass is 16.3. The van der Waals surface area contributed by atoms with Crippen molar-refractivity contribution < 1.29 is 4.42 Å². The fourth-order valence-electron chi connectivity index (χ4n) is 5.54. The first-order valence-electron chi connectivity index (χ1n) is 11.5. The molecule has 5 heterocycles. The molecule has 3 heteroatoms. The van der Waals surface area contributed by atoms with E-state index in [1.54, 1.807) is 11.3 Å². The van der Waals surface area contributed by atoms with Crippen molar-refractivity contribution in [3.05, 3.63) is 58.7 Å². The largest absolute Gasteiger partial charge is 0.465 e. The van der Waals surface area contributed by atoms with Crippen molar-refractivity contribution >= 4 is 0 Å². The van der Waals surface area contributed by atoms with E-state index in [4.69, 9.17) is 4.42 Å². The Kier molecular flexibility index (Phi) is 5.44. The first kappa shape index (κ1) is 18.3. The molecule has 1 aromatic rings. The number of allylic oxidation sites excluding steroid dienone is 4. The van der Waals surface area contributed by atoms with Gasteiger partial charge in [0.25, 0.3) is 0 Å². The molecule has 1 N–H and O–H groups in total. The highest BCUT2D eigenvalue weighted by Gasteiger charge is 2.39. The highest BCUT2D eigenvalue weighted by Crippen LogP contribution is 2.47. The highest BCUT2D eigenvalue weighted by molar-refractivity contribution is 5.47. The van der Waals surface area contributed by atoms with Crippen LogP contribution in [0.2, 0.25) is 0 Å². The first-order chi connectivity index (χ1) is 13.9. The number of rotatable bonds is 1. The van der Waals surface area contributed by atoms with E-state index in [-0.39, 0.29) is 0 Å². The van der Waals surface area contributed by atoms with E-state index in [9.17, 15) is 0 Å². The molecule has 3 nitrogen and oxygen atoms in total. The van der Waals surface area contributed by atoms with Crippen LogP contribution >= 0.6 is 0 Å². The molecule has 0 fully saturated rings. The lowest BCUT2D eigenvalue weighted by molar-refractivity contribution is 0.277. The third-order valence-electron chi connectivity index (χ3n) is 6.96. The zero-order valence-electron chi connectivity index (χ0n) is 17.1. The molecule has 0 saturated heterocycles. The van der Waals surface area contributed by atoms with Gasteiger partial charge in [-0.05, 0) is 69.6 Å². The van der Waals surface area contributed by atoms with Crippen molar-refractivity contribution in [1.29, 1.82) is 0 Å². The summed E-state index contributed by atoms with van der Waals surface area (Å²) in [6.45, 7) is 3.51. The number of nitrogens with zero attached hydrogens (tertiary/aromatic N) is 1. The smallest absolute Gasteiger partial charge is 0.112 e. The Balaban J connectivity index is 1.52. The van der Waals surface area contributed by atoms with E-state index < -0.39 is 0 Å². The van der Waals surface area contributed by atoms with Gasteiger partial charge >= 0.3 is 0 Å². The van der Waals surface area contributed by atoms with Gasteiger partial charge in [0.2, 0.25) is 0 Å². The Bertz CT molecular complexity index is 784. The summed E-state index contributed by atoms with van der Waals surface area (Å²) in [5.41, 5.74) is 4.71. The number of furan rings is 1. The first-order valence-corrected chi connectivity index (χ1v) is 11.5. The van der Waals surface area contributed by atoms with E-state index >= 15 is 0 Å². The third-order valence-corrected chi connectivity index (χ3v) is 6.96. The third kappa shape index (κ3) is 3.61. The van der Waals surface area contributed by atoms with Gasteiger partial charge in [0.1, 0.15) is 11.5 Å². The van der Waals surface area contributed by atoms with Gasteiger partial charge in [-0.15, -0.1) is 0 Å². The predicted molar refractivity (Wildman–Crippen MR) is 114 cm³/mol. The average Bonchev–Trinajstić information content (AvgIpc) is 3.20. The number of fused-ring (bicyclic) bond motifs is 7. The molecule has 1 aliphatic carbocycles. The second-order valence-electron chi connectivity index (χ2n) is 8.87. The second kappa shape index (κ2) is 8.32. The molecule has 28 heavy (non-hydrogen) atoms. The monoisotopic (exact) mass is 378 g/mol. The maximum absolute atomic E-state index is 6.34.